The van der Waals surface area contributed by atoms with Gasteiger partial charge in [0, 0.05) is 0 Å². The zero-order chi connectivity index (χ0) is 5.98. The maximum absolute atomic E-state index is 11.5. The SMILES string of the molecule is O=[S@]1OC[C@@H](CF)O1. The van der Waals surface area contributed by atoms with Crippen LogP contribution in [0.3, 0.4) is 0 Å². The summed E-state index contributed by atoms with van der Waals surface area (Å²) < 4.78 is 30.4. The minimum atomic E-state index is -1.69. The fraction of sp³-hybridized carbons (Fsp3) is 1.00. The molecule has 1 aliphatic rings. The summed E-state index contributed by atoms with van der Waals surface area (Å²) in [4.78, 5) is 0. The molecule has 0 amide bonds. The van der Waals surface area contributed by atoms with Gasteiger partial charge in [0.2, 0.25) is 0 Å². The molecule has 1 aliphatic heterocycles. The highest BCUT2D eigenvalue weighted by molar-refractivity contribution is 7.75. The maximum Gasteiger partial charge on any atom is 0.305 e. The number of alkyl halides is 1. The molecule has 0 aliphatic carbocycles. The minimum Gasteiger partial charge on any atom is -0.266 e. The molecule has 3 nitrogen and oxygen atoms in total. The van der Waals surface area contributed by atoms with Gasteiger partial charge in [-0.15, -0.1) is 0 Å². The number of hydrogen-bond acceptors (Lipinski definition) is 3. The van der Waals surface area contributed by atoms with E-state index in [-0.39, 0.29) is 6.61 Å². The average Bonchev–Trinajstić information content (AvgIpc) is 2.14. The highest BCUT2D eigenvalue weighted by Crippen LogP contribution is 2.07. The minimum absolute atomic E-state index is 0.100. The molecule has 8 heavy (non-hydrogen) atoms. The first-order valence-electron chi connectivity index (χ1n) is 2.11. The third-order valence-electron chi connectivity index (χ3n) is 0.737. The normalized spacial score (nSPS) is 38.1. The van der Waals surface area contributed by atoms with Gasteiger partial charge < -0.3 is 0 Å². The molecule has 1 rings (SSSR count). The van der Waals surface area contributed by atoms with Gasteiger partial charge in [-0.25, -0.2) is 4.39 Å². The lowest BCUT2D eigenvalue weighted by molar-refractivity contribution is 0.195. The molecule has 2 atom stereocenters. The van der Waals surface area contributed by atoms with E-state index >= 15 is 0 Å². The molecule has 0 spiro atoms. The van der Waals surface area contributed by atoms with Gasteiger partial charge in [-0.3, -0.25) is 8.37 Å². The molecule has 1 fully saturated rings. The summed E-state index contributed by atoms with van der Waals surface area (Å²) in [6.07, 6.45) is -0.615. The largest absolute Gasteiger partial charge is 0.305 e. The summed E-state index contributed by atoms with van der Waals surface area (Å²) in [6.45, 7) is -0.533. The third-order valence-corrected chi connectivity index (χ3v) is 1.49. The van der Waals surface area contributed by atoms with Crippen molar-refractivity contribution in [2.75, 3.05) is 13.3 Å². The summed E-state index contributed by atoms with van der Waals surface area (Å²) in [5.41, 5.74) is 0. The van der Waals surface area contributed by atoms with Gasteiger partial charge in [0.25, 0.3) is 0 Å². The van der Waals surface area contributed by atoms with Gasteiger partial charge >= 0.3 is 11.4 Å². The molecule has 0 unspecified atom stereocenters. The quantitative estimate of drug-likeness (QED) is 0.512. The lowest BCUT2D eigenvalue weighted by Crippen LogP contribution is -2.10. The Labute approximate surface area is 48.6 Å². The van der Waals surface area contributed by atoms with Gasteiger partial charge in [-0.2, -0.15) is 4.21 Å². The van der Waals surface area contributed by atoms with E-state index in [0.29, 0.717) is 0 Å². The van der Waals surface area contributed by atoms with Crippen molar-refractivity contribution in [3.63, 3.8) is 0 Å². The highest BCUT2D eigenvalue weighted by atomic mass is 32.2. The van der Waals surface area contributed by atoms with Crippen LogP contribution in [0, 0.1) is 0 Å². The van der Waals surface area contributed by atoms with Crippen LogP contribution in [-0.2, 0) is 19.7 Å². The van der Waals surface area contributed by atoms with Crippen molar-refractivity contribution in [2.24, 2.45) is 0 Å². The standard InChI is InChI=1S/C3H5FO3S/c4-1-3-2-6-8(5)7-3/h3H,1-2H2/t3-,8+/m1/s1. The van der Waals surface area contributed by atoms with E-state index in [1.807, 2.05) is 0 Å². The number of rotatable bonds is 1. The van der Waals surface area contributed by atoms with Crippen LogP contribution in [0.5, 0.6) is 0 Å². The zero-order valence-corrected chi connectivity index (χ0v) is 4.82. The second kappa shape index (κ2) is 2.52. The molecule has 0 N–H and O–H groups in total. The van der Waals surface area contributed by atoms with Crippen molar-refractivity contribution < 1.29 is 17.0 Å². The van der Waals surface area contributed by atoms with Crippen molar-refractivity contribution in [1.29, 1.82) is 0 Å². The number of hydrogen-bond donors (Lipinski definition) is 0. The lowest BCUT2D eigenvalue weighted by atomic mass is 10.4. The first kappa shape index (κ1) is 6.12. The summed E-state index contributed by atoms with van der Waals surface area (Å²) in [5, 5.41) is 0. The van der Waals surface area contributed by atoms with Crippen molar-refractivity contribution in [2.45, 2.75) is 6.10 Å². The monoisotopic (exact) mass is 140 g/mol. The molecule has 0 aromatic carbocycles. The Morgan fingerprint density at radius 1 is 1.88 bits per heavy atom. The average molecular weight is 140 g/mol. The van der Waals surface area contributed by atoms with E-state index in [9.17, 15) is 8.60 Å². The predicted octanol–water partition coefficient (Wildman–Crippen LogP) is -0.0500. The molecule has 0 saturated carbocycles. The highest BCUT2D eigenvalue weighted by Gasteiger charge is 2.22. The summed E-state index contributed by atoms with van der Waals surface area (Å²) in [6, 6.07) is 0. The summed E-state index contributed by atoms with van der Waals surface area (Å²) in [7, 11) is 0. The molecular weight excluding hydrogens is 135 g/mol. The van der Waals surface area contributed by atoms with E-state index in [2.05, 4.69) is 8.37 Å². The second-order valence-electron chi connectivity index (χ2n) is 1.36. The van der Waals surface area contributed by atoms with Crippen LogP contribution in [-0.4, -0.2) is 23.6 Å². The van der Waals surface area contributed by atoms with Gasteiger partial charge in [0.15, 0.2) is 0 Å². The molecule has 1 heterocycles. The molecule has 0 aromatic rings. The number of halogens is 1. The zero-order valence-electron chi connectivity index (χ0n) is 4.00. The second-order valence-corrected chi connectivity index (χ2v) is 2.20. The van der Waals surface area contributed by atoms with Gasteiger partial charge in [-0.05, 0) is 0 Å². The van der Waals surface area contributed by atoms with Crippen LogP contribution in [0.15, 0.2) is 0 Å². The van der Waals surface area contributed by atoms with Crippen LogP contribution >= 0.6 is 0 Å². The topological polar surface area (TPSA) is 35.5 Å². The Bertz CT molecular complexity index is 107. The van der Waals surface area contributed by atoms with Gasteiger partial charge in [0.05, 0.1) is 6.61 Å². The molecular formula is C3H5FO3S. The fourth-order valence-electron chi connectivity index (χ4n) is 0.368. The molecule has 0 bridgehead atoms. The van der Waals surface area contributed by atoms with Crippen LogP contribution < -0.4 is 0 Å². The van der Waals surface area contributed by atoms with Gasteiger partial charge in [0.1, 0.15) is 12.8 Å². The summed E-state index contributed by atoms with van der Waals surface area (Å²) in [5.74, 6) is 0. The predicted molar refractivity (Wildman–Crippen MR) is 24.9 cm³/mol. The van der Waals surface area contributed by atoms with E-state index in [4.69, 9.17) is 0 Å². The van der Waals surface area contributed by atoms with E-state index in [1.54, 1.807) is 0 Å². The van der Waals surface area contributed by atoms with E-state index in [0.717, 1.165) is 0 Å². The van der Waals surface area contributed by atoms with Crippen molar-refractivity contribution >= 4 is 11.4 Å². The molecule has 1 saturated heterocycles. The van der Waals surface area contributed by atoms with Crippen LogP contribution in [0.1, 0.15) is 0 Å². The summed E-state index contributed by atoms with van der Waals surface area (Å²) >= 11 is -1.69. The smallest absolute Gasteiger partial charge is 0.266 e. The fourth-order valence-corrected chi connectivity index (χ4v) is 1.02. The maximum atomic E-state index is 11.5. The van der Waals surface area contributed by atoms with Gasteiger partial charge in [-0.1, -0.05) is 0 Å². The van der Waals surface area contributed by atoms with Crippen molar-refractivity contribution in [1.82, 2.24) is 0 Å². The third kappa shape index (κ3) is 1.24. The first-order chi connectivity index (χ1) is 3.83. The van der Waals surface area contributed by atoms with E-state index < -0.39 is 24.1 Å². The molecule has 48 valence electrons. The lowest BCUT2D eigenvalue weighted by Gasteiger charge is -1.93. The Morgan fingerprint density at radius 3 is 2.88 bits per heavy atom. The first-order valence-corrected chi connectivity index (χ1v) is 3.11. The van der Waals surface area contributed by atoms with E-state index in [1.165, 1.54) is 0 Å². The van der Waals surface area contributed by atoms with Crippen molar-refractivity contribution in [3.8, 4) is 0 Å². The molecule has 0 radical (unpaired) electrons. The Kier molecular flexibility index (Phi) is 1.93. The van der Waals surface area contributed by atoms with Crippen LogP contribution in [0.25, 0.3) is 0 Å². The molecule has 0 aromatic heterocycles. The van der Waals surface area contributed by atoms with Crippen molar-refractivity contribution in [3.05, 3.63) is 0 Å². The van der Waals surface area contributed by atoms with Crippen LogP contribution in [0.2, 0.25) is 0 Å². The molecule has 5 heteroatoms. The Hall–Kier alpha value is -0.0000000000000000486. The Balaban J connectivity index is 2.32. The Morgan fingerprint density at radius 2 is 2.62 bits per heavy atom. The van der Waals surface area contributed by atoms with Crippen LogP contribution in [0.4, 0.5) is 4.39 Å².